The summed E-state index contributed by atoms with van der Waals surface area (Å²) in [5.41, 5.74) is 3.54. The normalized spacial score (nSPS) is 21.9. The Kier molecular flexibility index (Phi) is 3.53. The summed E-state index contributed by atoms with van der Waals surface area (Å²) in [6, 6.07) is 9.55. The lowest BCUT2D eigenvalue weighted by Crippen LogP contribution is -2.59. The molecule has 0 amide bonds. The van der Waals surface area contributed by atoms with Gasteiger partial charge in [-0.25, -0.2) is 0 Å². The summed E-state index contributed by atoms with van der Waals surface area (Å²) in [5.74, 6) is 0. The maximum absolute atomic E-state index is 3.57. The molecule has 1 unspecified atom stereocenters. The largest absolute Gasteiger partial charge is 0.370 e. The van der Waals surface area contributed by atoms with Crippen LogP contribution in [0.15, 0.2) is 24.3 Å². The van der Waals surface area contributed by atoms with Gasteiger partial charge < -0.3 is 10.2 Å². The van der Waals surface area contributed by atoms with Gasteiger partial charge in [0.2, 0.25) is 0 Å². The zero-order chi connectivity index (χ0) is 13.3. The average Bonchev–Trinajstić information content (AvgIpc) is 2.33. The fraction of sp³-hybridized carbons (Fsp3) is 0.647. The Morgan fingerprint density at radius 1 is 1.32 bits per heavy atom. The predicted molar refractivity (Wildman–Crippen MR) is 81.6 cm³/mol. The molecule has 1 saturated carbocycles. The lowest BCUT2D eigenvalue weighted by Gasteiger charge is -2.57. The minimum Gasteiger partial charge on any atom is -0.370 e. The summed E-state index contributed by atoms with van der Waals surface area (Å²) >= 11 is 0. The van der Waals surface area contributed by atoms with Crippen LogP contribution < -0.4 is 10.2 Å². The molecule has 1 N–H and O–H groups in total. The molecule has 1 aliphatic heterocycles. The minimum atomic E-state index is 0.457. The molecule has 2 aliphatic rings. The van der Waals surface area contributed by atoms with Crippen LogP contribution in [0.25, 0.3) is 0 Å². The van der Waals surface area contributed by atoms with Gasteiger partial charge in [0.1, 0.15) is 0 Å². The zero-order valence-electron chi connectivity index (χ0n) is 12.3. The van der Waals surface area contributed by atoms with Gasteiger partial charge in [-0.05, 0) is 50.4 Å². The molecule has 2 nitrogen and oxygen atoms in total. The highest BCUT2D eigenvalue weighted by atomic mass is 15.2. The number of benzene rings is 1. The molecular formula is C17H26N2. The molecule has 1 spiro atoms. The van der Waals surface area contributed by atoms with Crippen molar-refractivity contribution in [2.24, 2.45) is 5.41 Å². The molecule has 3 rings (SSSR count). The maximum Gasteiger partial charge on any atom is 0.0369 e. The van der Waals surface area contributed by atoms with Crippen molar-refractivity contribution in [3.8, 4) is 0 Å². The third-order valence-corrected chi connectivity index (χ3v) is 4.90. The molecule has 1 aromatic rings. The van der Waals surface area contributed by atoms with Crippen LogP contribution in [0.1, 0.15) is 51.1 Å². The number of rotatable bonds is 5. The molecule has 0 aromatic heterocycles. The first-order valence-corrected chi connectivity index (χ1v) is 7.81. The zero-order valence-corrected chi connectivity index (χ0v) is 12.3. The lowest BCUT2D eigenvalue weighted by atomic mass is 9.63. The van der Waals surface area contributed by atoms with Crippen molar-refractivity contribution in [2.45, 2.75) is 45.6 Å². The minimum absolute atomic E-state index is 0.457. The Labute approximate surface area is 117 Å². The van der Waals surface area contributed by atoms with E-state index in [9.17, 15) is 0 Å². The first-order chi connectivity index (χ1) is 9.22. The topological polar surface area (TPSA) is 15.3 Å². The van der Waals surface area contributed by atoms with E-state index in [1.54, 1.807) is 0 Å². The standard InChI is InChI=1S/C17H26N2/c1-3-10-18-14(2)15-6-4-7-16(11-15)19-12-17(13-19)8-5-9-17/h4,6-7,11,14,18H,3,5,8-10,12-13H2,1-2H3. The van der Waals surface area contributed by atoms with E-state index >= 15 is 0 Å². The fourth-order valence-corrected chi connectivity index (χ4v) is 3.41. The summed E-state index contributed by atoms with van der Waals surface area (Å²) < 4.78 is 0. The number of anilines is 1. The molecule has 1 aromatic carbocycles. The van der Waals surface area contributed by atoms with Crippen LogP contribution in [0, 0.1) is 5.41 Å². The van der Waals surface area contributed by atoms with Crippen molar-refractivity contribution < 1.29 is 0 Å². The molecule has 1 aliphatic carbocycles. The van der Waals surface area contributed by atoms with Gasteiger partial charge in [-0.15, -0.1) is 0 Å². The van der Waals surface area contributed by atoms with E-state index in [1.807, 2.05) is 0 Å². The van der Waals surface area contributed by atoms with Gasteiger partial charge in [0, 0.05) is 30.2 Å². The first-order valence-electron chi connectivity index (χ1n) is 7.81. The summed E-state index contributed by atoms with van der Waals surface area (Å²) in [5, 5.41) is 3.57. The Hall–Kier alpha value is -1.02. The summed E-state index contributed by atoms with van der Waals surface area (Å²) in [6.07, 6.45) is 5.56. The van der Waals surface area contributed by atoms with Gasteiger partial charge >= 0.3 is 0 Å². The molecule has 1 saturated heterocycles. The van der Waals surface area contributed by atoms with Crippen molar-refractivity contribution >= 4 is 5.69 Å². The van der Waals surface area contributed by atoms with E-state index in [4.69, 9.17) is 0 Å². The van der Waals surface area contributed by atoms with Crippen molar-refractivity contribution in [3.05, 3.63) is 29.8 Å². The van der Waals surface area contributed by atoms with E-state index in [0.29, 0.717) is 11.5 Å². The van der Waals surface area contributed by atoms with Crippen molar-refractivity contribution in [1.82, 2.24) is 5.32 Å². The molecule has 1 atom stereocenters. The molecule has 2 heteroatoms. The van der Waals surface area contributed by atoms with Crippen molar-refractivity contribution in [1.29, 1.82) is 0 Å². The van der Waals surface area contributed by atoms with E-state index in [1.165, 1.54) is 50.0 Å². The summed E-state index contributed by atoms with van der Waals surface area (Å²) in [6.45, 7) is 8.14. The molecule has 0 bridgehead atoms. The highest BCUT2D eigenvalue weighted by Crippen LogP contribution is 2.49. The van der Waals surface area contributed by atoms with E-state index in [2.05, 4.69) is 48.3 Å². The molecule has 1 heterocycles. The number of nitrogens with one attached hydrogen (secondary N) is 1. The van der Waals surface area contributed by atoms with Crippen molar-refractivity contribution in [2.75, 3.05) is 24.5 Å². The Morgan fingerprint density at radius 3 is 2.74 bits per heavy atom. The monoisotopic (exact) mass is 258 g/mol. The van der Waals surface area contributed by atoms with Crippen molar-refractivity contribution in [3.63, 3.8) is 0 Å². The van der Waals surface area contributed by atoms with Gasteiger partial charge in [0.25, 0.3) is 0 Å². The van der Waals surface area contributed by atoms with Crippen LogP contribution in [0.4, 0.5) is 5.69 Å². The molecule has 104 valence electrons. The maximum atomic E-state index is 3.57. The second-order valence-electron chi connectivity index (χ2n) is 6.48. The van der Waals surface area contributed by atoms with Gasteiger partial charge in [-0.1, -0.05) is 25.5 Å². The van der Waals surface area contributed by atoms with Crippen LogP contribution >= 0.6 is 0 Å². The number of hydrogen-bond acceptors (Lipinski definition) is 2. The van der Waals surface area contributed by atoms with E-state index < -0.39 is 0 Å². The number of nitrogens with zero attached hydrogens (tertiary/aromatic N) is 1. The molecule has 0 radical (unpaired) electrons. The third kappa shape index (κ3) is 2.51. The first kappa shape index (κ1) is 13.0. The third-order valence-electron chi connectivity index (χ3n) is 4.90. The average molecular weight is 258 g/mol. The van der Waals surface area contributed by atoms with Gasteiger partial charge in [0.15, 0.2) is 0 Å². The van der Waals surface area contributed by atoms with E-state index in [0.717, 1.165) is 6.54 Å². The smallest absolute Gasteiger partial charge is 0.0369 e. The fourth-order valence-electron chi connectivity index (χ4n) is 3.41. The van der Waals surface area contributed by atoms with Crippen LogP contribution in [0.5, 0.6) is 0 Å². The quantitative estimate of drug-likeness (QED) is 0.865. The second kappa shape index (κ2) is 5.16. The summed E-state index contributed by atoms with van der Waals surface area (Å²) in [4.78, 5) is 2.55. The predicted octanol–water partition coefficient (Wildman–Crippen LogP) is 3.74. The SMILES string of the molecule is CCCNC(C)c1cccc(N2CC3(CCC3)C2)c1. The second-order valence-corrected chi connectivity index (χ2v) is 6.48. The van der Waals surface area contributed by atoms with E-state index in [-0.39, 0.29) is 0 Å². The molecule has 19 heavy (non-hydrogen) atoms. The van der Waals surface area contributed by atoms with Crippen LogP contribution in [-0.4, -0.2) is 19.6 Å². The highest BCUT2D eigenvalue weighted by molar-refractivity contribution is 5.52. The van der Waals surface area contributed by atoms with Crippen LogP contribution in [0.2, 0.25) is 0 Å². The molecule has 2 fully saturated rings. The summed E-state index contributed by atoms with van der Waals surface area (Å²) in [7, 11) is 0. The highest BCUT2D eigenvalue weighted by Gasteiger charge is 2.47. The van der Waals surface area contributed by atoms with Crippen LogP contribution in [0.3, 0.4) is 0 Å². The van der Waals surface area contributed by atoms with Gasteiger partial charge in [-0.3, -0.25) is 0 Å². The number of hydrogen-bond donors (Lipinski definition) is 1. The Bertz CT molecular complexity index is 429. The van der Waals surface area contributed by atoms with Gasteiger partial charge in [-0.2, -0.15) is 0 Å². The lowest BCUT2D eigenvalue weighted by molar-refractivity contribution is 0.0904. The Morgan fingerprint density at radius 2 is 2.11 bits per heavy atom. The Balaban J connectivity index is 1.63. The van der Waals surface area contributed by atoms with Gasteiger partial charge in [0.05, 0.1) is 0 Å². The van der Waals surface area contributed by atoms with Crippen LogP contribution in [-0.2, 0) is 0 Å². The molecular weight excluding hydrogens is 232 g/mol.